The molecule has 0 aromatic heterocycles. The molecule has 124 valence electrons. The van der Waals surface area contributed by atoms with Crippen molar-refractivity contribution in [2.24, 2.45) is 0 Å². The Morgan fingerprint density at radius 3 is 2.75 bits per heavy atom. The molecule has 0 bridgehead atoms. The maximum atomic E-state index is 12.3. The third-order valence-corrected chi connectivity index (χ3v) is 3.97. The molecule has 0 spiro atoms. The number of benzene rings is 2. The Bertz CT molecular complexity index is 828. The summed E-state index contributed by atoms with van der Waals surface area (Å²) in [6.07, 6.45) is 0. The van der Waals surface area contributed by atoms with E-state index in [-0.39, 0.29) is 29.8 Å². The van der Waals surface area contributed by atoms with E-state index in [9.17, 15) is 9.59 Å². The predicted octanol–water partition coefficient (Wildman–Crippen LogP) is 3.73. The van der Waals surface area contributed by atoms with Crippen LogP contribution in [0, 0.1) is 13.8 Å². The number of carbonyl (C=O) groups excluding carboxylic acids is 2. The van der Waals surface area contributed by atoms with E-state index in [4.69, 9.17) is 25.8 Å². The molecule has 0 saturated carbocycles. The third kappa shape index (κ3) is 3.21. The number of fused-ring (bicyclic) bond motifs is 1. The number of halogens is 1. The minimum Gasteiger partial charge on any atom is -0.454 e. The number of aryl methyl sites for hydroxylation is 2. The van der Waals surface area contributed by atoms with Crippen LogP contribution < -0.4 is 9.47 Å². The van der Waals surface area contributed by atoms with Gasteiger partial charge in [0.05, 0.1) is 10.6 Å². The first-order valence-electron chi connectivity index (χ1n) is 7.32. The fraction of sp³-hybridized carbons (Fsp3) is 0.222. The quantitative estimate of drug-likeness (QED) is 0.623. The Labute approximate surface area is 144 Å². The van der Waals surface area contributed by atoms with Crippen LogP contribution in [0.15, 0.2) is 30.3 Å². The molecule has 0 aliphatic carbocycles. The van der Waals surface area contributed by atoms with Gasteiger partial charge >= 0.3 is 5.97 Å². The summed E-state index contributed by atoms with van der Waals surface area (Å²) >= 11 is 6.04. The molecule has 0 saturated heterocycles. The van der Waals surface area contributed by atoms with Gasteiger partial charge in [0.1, 0.15) is 0 Å². The van der Waals surface area contributed by atoms with Crippen molar-refractivity contribution >= 4 is 23.4 Å². The highest BCUT2D eigenvalue weighted by Gasteiger charge is 2.22. The van der Waals surface area contributed by atoms with Crippen molar-refractivity contribution in [3.63, 3.8) is 0 Å². The largest absolute Gasteiger partial charge is 0.454 e. The van der Waals surface area contributed by atoms with Gasteiger partial charge in [-0.1, -0.05) is 29.3 Å². The highest BCUT2D eigenvalue weighted by atomic mass is 35.5. The van der Waals surface area contributed by atoms with Crippen LogP contribution in [0.5, 0.6) is 11.5 Å². The van der Waals surface area contributed by atoms with Gasteiger partial charge in [0, 0.05) is 5.56 Å². The molecule has 3 rings (SSSR count). The average molecular weight is 347 g/mol. The first kappa shape index (κ1) is 16.3. The maximum Gasteiger partial charge on any atom is 0.338 e. The zero-order valence-corrected chi connectivity index (χ0v) is 14.0. The fourth-order valence-corrected chi connectivity index (χ4v) is 2.68. The van der Waals surface area contributed by atoms with Crippen LogP contribution in [0.2, 0.25) is 5.02 Å². The predicted molar refractivity (Wildman–Crippen MR) is 88.1 cm³/mol. The minimum atomic E-state index is -0.645. The van der Waals surface area contributed by atoms with Crippen LogP contribution in [-0.2, 0) is 4.74 Å². The van der Waals surface area contributed by atoms with Crippen molar-refractivity contribution in [3.8, 4) is 11.5 Å². The summed E-state index contributed by atoms with van der Waals surface area (Å²) in [5, 5.41) is 0.262. The molecule has 1 aliphatic rings. The summed E-state index contributed by atoms with van der Waals surface area (Å²) in [7, 11) is 0. The molecule has 0 radical (unpaired) electrons. The molecule has 0 fully saturated rings. The second kappa shape index (κ2) is 6.53. The van der Waals surface area contributed by atoms with Gasteiger partial charge in [-0.25, -0.2) is 4.79 Å². The highest BCUT2D eigenvalue weighted by Crippen LogP contribution is 2.39. The summed E-state index contributed by atoms with van der Waals surface area (Å²) in [6.45, 7) is 3.46. The first-order valence-corrected chi connectivity index (χ1v) is 7.70. The number of hydrogen-bond donors (Lipinski definition) is 0. The Morgan fingerprint density at radius 1 is 1.17 bits per heavy atom. The summed E-state index contributed by atoms with van der Waals surface area (Å²) in [5.74, 6) is -0.111. The second-order valence-electron chi connectivity index (χ2n) is 5.51. The average Bonchev–Trinajstić information content (AvgIpc) is 3.03. The van der Waals surface area contributed by atoms with Gasteiger partial charge in [0.15, 0.2) is 18.1 Å². The standard InChI is InChI=1S/C18H15ClO5/c1-10-3-4-11(2)13(5-10)15(20)8-22-18(21)12-6-14(19)17-16(7-12)23-9-24-17/h3-7H,8-9H2,1-2H3. The Morgan fingerprint density at radius 2 is 1.96 bits per heavy atom. The lowest BCUT2D eigenvalue weighted by atomic mass is 10.0. The van der Waals surface area contributed by atoms with Gasteiger partial charge in [0.2, 0.25) is 12.6 Å². The normalized spacial score (nSPS) is 12.1. The lowest BCUT2D eigenvalue weighted by Crippen LogP contribution is -2.15. The van der Waals surface area contributed by atoms with Crippen molar-refractivity contribution in [2.45, 2.75) is 13.8 Å². The van der Waals surface area contributed by atoms with Crippen LogP contribution >= 0.6 is 11.6 Å². The lowest BCUT2D eigenvalue weighted by Gasteiger charge is -2.08. The van der Waals surface area contributed by atoms with Crippen molar-refractivity contribution in [2.75, 3.05) is 13.4 Å². The smallest absolute Gasteiger partial charge is 0.338 e. The second-order valence-corrected chi connectivity index (χ2v) is 5.92. The summed E-state index contributed by atoms with van der Waals surface area (Å²) < 4.78 is 15.5. The van der Waals surface area contributed by atoms with E-state index in [0.717, 1.165) is 11.1 Å². The van der Waals surface area contributed by atoms with Gasteiger partial charge in [0.25, 0.3) is 0 Å². The number of Topliss-reactive ketones (excluding diaryl/α,β-unsaturated/α-hetero) is 1. The molecule has 24 heavy (non-hydrogen) atoms. The van der Waals surface area contributed by atoms with Crippen LogP contribution in [0.1, 0.15) is 31.8 Å². The molecule has 0 N–H and O–H groups in total. The summed E-state index contributed by atoms with van der Waals surface area (Å²) in [4.78, 5) is 24.4. The van der Waals surface area contributed by atoms with Gasteiger partial charge in [-0.3, -0.25) is 4.79 Å². The number of carbonyl (C=O) groups is 2. The van der Waals surface area contributed by atoms with Crippen molar-refractivity contribution < 1.29 is 23.8 Å². The molecule has 2 aromatic rings. The van der Waals surface area contributed by atoms with Crippen molar-refractivity contribution in [1.29, 1.82) is 0 Å². The Hall–Kier alpha value is -2.53. The lowest BCUT2D eigenvalue weighted by molar-refractivity contribution is 0.0474. The maximum absolute atomic E-state index is 12.3. The fourth-order valence-electron chi connectivity index (χ4n) is 2.41. The van der Waals surface area contributed by atoms with Crippen molar-refractivity contribution in [1.82, 2.24) is 0 Å². The number of ketones is 1. The monoisotopic (exact) mass is 346 g/mol. The zero-order chi connectivity index (χ0) is 17.3. The van der Waals surface area contributed by atoms with Gasteiger partial charge in [-0.15, -0.1) is 0 Å². The zero-order valence-electron chi connectivity index (χ0n) is 13.2. The van der Waals surface area contributed by atoms with Crippen LogP contribution in [-0.4, -0.2) is 25.2 Å². The molecule has 0 unspecified atom stereocenters. The molecule has 1 heterocycles. The van der Waals surface area contributed by atoms with E-state index in [2.05, 4.69) is 0 Å². The van der Waals surface area contributed by atoms with Crippen LogP contribution in [0.4, 0.5) is 0 Å². The van der Waals surface area contributed by atoms with E-state index < -0.39 is 5.97 Å². The number of esters is 1. The Balaban J connectivity index is 1.71. The van der Waals surface area contributed by atoms with Crippen molar-refractivity contribution in [3.05, 3.63) is 57.6 Å². The molecular weight excluding hydrogens is 332 g/mol. The molecule has 0 amide bonds. The SMILES string of the molecule is Cc1ccc(C)c(C(=O)COC(=O)c2cc(Cl)c3c(c2)OCO3)c1. The summed E-state index contributed by atoms with van der Waals surface area (Å²) in [5.41, 5.74) is 2.56. The van der Waals surface area contributed by atoms with E-state index in [1.807, 2.05) is 26.0 Å². The molecule has 6 heteroatoms. The molecule has 0 atom stereocenters. The molecule has 5 nitrogen and oxygen atoms in total. The number of rotatable bonds is 4. The number of hydrogen-bond acceptors (Lipinski definition) is 5. The molecule has 1 aliphatic heterocycles. The van der Waals surface area contributed by atoms with Gasteiger partial charge in [-0.2, -0.15) is 0 Å². The molecule has 2 aromatic carbocycles. The first-order chi connectivity index (χ1) is 11.5. The van der Waals surface area contributed by atoms with E-state index >= 15 is 0 Å². The van der Waals surface area contributed by atoms with Gasteiger partial charge in [-0.05, 0) is 37.6 Å². The summed E-state index contributed by atoms with van der Waals surface area (Å²) in [6, 6.07) is 8.48. The third-order valence-electron chi connectivity index (χ3n) is 3.69. The highest BCUT2D eigenvalue weighted by molar-refractivity contribution is 6.32. The minimum absolute atomic E-state index is 0.0542. The van der Waals surface area contributed by atoms with E-state index in [0.29, 0.717) is 17.1 Å². The Kier molecular flexibility index (Phi) is 4.44. The topological polar surface area (TPSA) is 61.8 Å². The van der Waals surface area contributed by atoms with Gasteiger partial charge < -0.3 is 14.2 Å². The van der Waals surface area contributed by atoms with E-state index in [1.54, 1.807) is 6.07 Å². The van der Waals surface area contributed by atoms with Crippen LogP contribution in [0.3, 0.4) is 0 Å². The molecular formula is C18H15ClO5. The van der Waals surface area contributed by atoms with Crippen LogP contribution in [0.25, 0.3) is 0 Å². The van der Waals surface area contributed by atoms with E-state index in [1.165, 1.54) is 12.1 Å². The number of ether oxygens (including phenoxy) is 3.